The summed E-state index contributed by atoms with van der Waals surface area (Å²) in [6.07, 6.45) is 6.45. The maximum absolute atomic E-state index is 12.7. The van der Waals surface area contributed by atoms with Crippen LogP contribution < -0.4 is 10.5 Å². The summed E-state index contributed by atoms with van der Waals surface area (Å²) >= 11 is 0. The van der Waals surface area contributed by atoms with Gasteiger partial charge in [-0.2, -0.15) is 5.10 Å². The van der Waals surface area contributed by atoms with Crippen molar-refractivity contribution in [2.75, 3.05) is 44.7 Å². The predicted octanol–water partition coefficient (Wildman–Crippen LogP) is 0.314. The van der Waals surface area contributed by atoms with Crippen molar-refractivity contribution in [1.29, 1.82) is 0 Å². The molecule has 8 heteroatoms. The van der Waals surface area contributed by atoms with Gasteiger partial charge in [-0.25, -0.2) is 4.68 Å². The van der Waals surface area contributed by atoms with Crippen molar-refractivity contribution >= 4 is 17.5 Å². The average molecular weight is 373 g/mol. The summed E-state index contributed by atoms with van der Waals surface area (Å²) in [5.74, 6) is 0.00531. The van der Waals surface area contributed by atoms with Crippen molar-refractivity contribution < 1.29 is 9.59 Å². The van der Waals surface area contributed by atoms with Crippen molar-refractivity contribution in [3.05, 3.63) is 22.6 Å². The summed E-state index contributed by atoms with van der Waals surface area (Å²) in [5, 5.41) is 4.21. The Morgan fingerprint density at radius 2 is 1.89 bits per heavy atom. The van der Waals surface area contributed by atoms with Crippen LogP contribution in [-0.4, -0.2) is 71.2 Å². The zero-order valence-electron chi connectivity index (χ0n) is 15.9. The van der Waals surface area contributed by atoms with E-state index in [9.17, 15) is 14.4 Å². The summed E-state index contributed by atoms with van der Waals surface area (Å²) in [5.41, 5.74) is 0.146. The lowest BCUT2D eigenvalue weighted by Gasteiger charge is -2.37. The van der Waals surface area contributed by atoms with Gasteiger partial charge in [-0.3, -0.25) is 14.4 Å². The van der Waals surface area contributed by atoms with Gasteiger partial charge in [0.25, 0.3) is 5.56 Å². The van der Waals surface area contributed by atoms with E-state index >= 15 is 0 Å². The molecule has 0 unspecified atom stereocenters. The SMILES string of the molecule is CN1CCC[C@]2(CCN(C(=O)Cn3ncc(N4CCCC4)cc3=O)C2)C1=O. The molecule has 8 nitrogen and oxygen atoms in total. The van der Waals surface area contributed by atoms with Crippen molar-refractivity contribution in [2.45, 2.75) is 38.6 Å². The molecule has 1 aromatic rings. The van der Waals surface area contributed by atoms with Crippen LogP contribution in [0, 0.1) is 5.41 Å². The maximum Gasteiger partial charge on any atom is 0.269 e. The molecule has 0 bridgehead atoms. The quantitative estimate of drug-likeness (QED) is 0.762. The van der Waals surface area contributed by atoms with Gasteiger partial charge in [0.15, 0.2) is 0 Å². The number of carbonyl (C=O) groups excluding carboxylic acids is 2. The van der Waals surface area contributed by atoms with Crippen LogP contribution in [-0.2, 0) is 16.1 Å². The van der Waals surface area contributed by atoms with E-state index in [1.54, 1.807) is 22.1 Å². The Balaban J connectivity index is 1.42. The minimum atomic E-state index is -0.430. The summed E-state index contributed by atoms with van der Waals surface area (Å²) in [7, 11) is 1.83. The highest BCUT2D eigenvalue weighted by molar-refractivity contribution is 5.85. The van der Waals surface area contributed by atoms with Gasteiger partial charge in [0, 0.05) is 45.8 Å². The molecule has 0 radical (unpaired) electrons. The van der Waals surface area contributed by atoms with E-state index in [2.05, 4.69) is 10.00 Å². The van der Waals surface area contributed by atoms with Crippen molar-refractivity contribution in [3.63, 3.8) is 0 Å². The van der Waals surface area contributed by atoms with Gasteiger partial charge < -0.3 is 14.7 Å². The van der Waals surface area contributed by atoms with Crippen LogP contribution in [0.3, 0.4) is 0 Å². The Labute approximate surface area is 158 Å². The molecule has 3 fully saturated rings. The number of amides is 2. The smallest absolute Gasteiger partial charge is 0.269 e. The van der Waals surface area contributed by atoms with E-state index < -0.39 is 5.41 Å². The average Bonchev–Trinajstić information content (AvgIpc) is 3.32. The Hall–Kier alpha value is -2.38. The lowest BCUT2D eigenvalue weighted by Crippen LogP contribution is -2.49. The summed E-state index contributed by atoms with van der Waals surface area (Å²) in [4.78, 5) is 43.4. The Morgan fingerprint density at radius 1 is 1.11 bits per heavy atom. The molecule has 3 aliphatic rings. The third-order valence-electron chi connectivity index (χ3n) is 6.27. The zero-order chi connectivity index (χ0) is 19.0. The first-order valence-electron chi connectivity index (χ1n) is 9.84. The minimum absolute atomic E-state index is 0.0702. The number of aromatic nitrogens is 2. The molecule has 3 aliphatic heterocycles. The second-order valence-electron chi connectivity index (χ2n) is 8.08. The number of nitrogens with zero attached hydrogens (tertiary/aromatic N) is 5. The number of hydrogen-bond donors (Lipinski definition) is 0. The largest absolute Gasteiger partial charge is 0.370 e. The van der Waals surface area contributed by atoms with Gasteiger partial charge in [-0.15, -0.1) is 0 Å². The lowest BCUT2D eigenvalue weighted by molar-refractivity contribution is -0.144. The van der Waals surface area contributed by atoms with Gasteiger partial charge in [-0.05, 0) is 32.1 Å². The van der Waals surface area contributed by atoms with E-state index in [1.807, 2.05) is 7.05 Å². The Bertz CT molecular complexity index is 801. The molecule has 2 amide bonds. The first-order valence-corrected chi connectivity index (χ1v) is 9.84. The molecule has 1 aromatic heterocycles. The van der Waals surface area contributed by atoms with Gasteiger partial charge >= 0.3 is 0 Å². The van der Waals surface area contributed by atoms with E-state index in [1.165, 1.54) is 4.68 Å². The molecule has 4 rings (SSSR count). The number of likely N-dealkylation sites (tertiary alicyclic amines) is 2. The van der Waals surface area contributed by atoms with Crippen molar-refractivity contribution in [3.8, 4) is 0 Å². The van der Waals surface area contributed by atoms with Crippen molar-refractivity contribution in [2.24, 2.45) is 5.41 Å². The van der Waals surface area contributed by atoms with Crippen LogP contribution in [0.15, 0.2) is 17.1 Å². The second kappa shape index (κ2) is 6.98. The molecule has 4 heterocycles. The Morgan fingerprint density at radius 3 is 2.63 bits per heavy atom. The molecule has 0 saturated carbocycles. The first-order chi connectivity index (χ1) is 13.0. The van der Waals surface area contributed by atoms with Crippen LogP contribution in [0.25, 0.3) is 0 Å². The standard InChI is InChI=1S/C19H27N5O3/c1-21-7-4-5-19(18(21)27)6-10-23(14-19)17(26)13-24-16(25)11-15(12-20-24)22-8-2-3-9-22/h11-12H,2-10,13-14H2,1H3/t19-/m1/s1. The molecular formula is C19H27N5O3. The third-order valence-corrected chi connectivity index (χ3v) is 6.27. The highest BCUT2D eigenvalue weighted by atomic mass is 16.2. The molecule has 0 aromatic carbocycles. The molecule has 0 aliphatic carbocycles. The molecular weight excluding hydrogens is 346 g/mol. The van der Waals surface area contributed by atoms with Crippen LogP contribution in [0.2, 0.25) is 0 Å². The maximum atomic E-state index is 12.7. The fraction of sp³-hybridized carbons (Fsp3) is 0.684. The first kappa shape index (κ1) is 18.0. The summed E-state index contributed by atoms with van der Waals surface area (Å²) in [6.45, 7) is 3.63. The monoisotopic (exact) mass is 373 g/mol. The molecule has 1 atom stereocenters. The number of piperidine rings is 1. The van der Waals surface area contributed by atoms with E-state index in [0.717, 1.165) is 51.0 Å². The predicted molar refractivity (Wildman–Crippen MR) is 100 cm³/mol. The number of rotatable bonds is 3. The van der Waals surface area contributed by atoms with Crippen LogP contribution in [0.1, 0.15) is 32.1 Å². The fourth-order valence-corrected chi connectivity index (χ4v) is 4.65. The highest BCUT2D eigenvalue weighted by Gasteiger charge is 2.48. The summed E-state index contributed by atoms with van der Waals surface area (Å²) in [6, 6.07) is 1.57. The van der Waals surface area contributed by atoms with Gasteiger partial charge in [0.1, 0.15) is 6.54 Å². The van der Waals surface area contributed by atoms with Crippen LogP contribution in [0.5, 0.6) is 0 Å². The zero-order valence-corrected chi connectivity index (χ0v) is 15.9. The van der Waals surface area contributed by atoms with Crippen LogP contribution >= 0.6 is 0 Å². The fourth-order valence-electron chi connectivity index (χ4n) is 4.65. The third kappa shape index (κ3) is 3.33. The van der Waals surface area contributed by atoms with Gasteiger partial charge in [-0.1, -0.05) is 0 Å². The van der Waals surface area contributed by atoms with E-state index in [-0.39, 0.29) is 23.9 Å². The van der Waals surface area contributed by atoms with Gasteiger partial charge in [0.05, 0.1) is 17.3 Å². The topological polar surface area (TPSA) is 78.8 Å². The van der Waals surface area contributed by atoms with Gasteiger partial charge in [0.2, 0.25) is 11.8 Å². The minimum Gasteiger partial charge on any atom is -0.370 e. The molecule has 146 valence electrons. The lowest BCUT2D eigenvalue weighted by atomic mass is 9.78. The molecule has 27 heavy (non-hydrogen) atoms. The number of carbonyl (C=O) groups is 2. The normalized spacial score (nSPS) is 25.7. The highest BCUT2D eigenvalue weighted by Crippen LogP contribution is 2.39. The molecule has 1 spiro atoms. The molecule has 0 N–H and O–H groups in total. The van der Waals surface area contributed by atoms with Crippen molar-refractivity contribution in [1.82, 2.24) is 19.6 Å². The number of anilines is 1. The molecule has 3 saturated heterocycles. The second-order valence-corrected chi connectivity index (χ2v) is 8.08. The number of hydrogen-bond acceptors (Lipinski definition) is 5. The Kier molecular flexibility index (Phi) is 4.65. The van der Waals surface area contributed by atoms with E-state index in [0.29, 0.717) is 19.5 Å². The van der Waals surface area contributed by atoms with Crippen LogP contribution in [0.4, 0.5) is 5.69 Å². The van der Waals surface area contributed by atoms with E-state index in [4.69, 9.17) is 0 Å². The summed E-state index contributed by atoms with van der Waals surface area (Å²) < 4.78 is 1.22.